The molecular weight excluding hydrogens is 364 g/mol. The molecule has 4 aromatic rings. The quantitative estimate of drug-likeness (QED) is 0.498. The number of aromatic nitrogens is 2. The van der Waals surface area contributed by atoms with E-state index in [0.717, 1.165) is 28.2 Å². The summed E-state index contributed by atoms with van der Waals surface area (Å²) in [4.78, 5) is 12.6. The lowest BCUT2D eigenvalue weighted by molar-refractivity contribution is 0.0936. The number of amides is 1. The van der Waals surface area contributed by atoms with Gasteiger partial charge in [0.05, 0.1) is 16.9 Å². The number of carbonyl (C=O) groups is 1. The van der Waals surface area contributed by atoms with Gasteiger partial charge in [0.2, 0.25) is 0 Å². The summed E-state index contributed by atoms with van der Waals surface area (Å²) in [5.74, 6) is 0.0595. The van der Waals surface area contributed by atoms with Crippen LogP contribution in [0, 0.1) is 0 Å². The maximum atomic E-state index is 12.6. The lowest BCUT2D eigenvalue weighted by atomic mass is 10.0. The number of aromatic hydroxyl groups is 1. The molecule has 1 aliphatic heterocycles. The maximum Gasteiger partial charge on any atom is 0.255 e. The number of nitrogens with zero attached hydrogens (tertiary/aromatic N) is 2. The van der Waals surface area contributed by atoms with Gasteiger partial charge < -0.3 is 15.7 Å². The molecule has 5 rings (SSSR count). The zero-order valence-corrected chi connectivity index (χ0v) is 15.4. The Hall–Kier alpha value is -4.06. The van der Waals surface area contributed by atoms with Crippen LogP contribution in [0.25, 0.3) is 16.9 Å². The van der Waals surface area contributed by atoms with Crippen molar-refractivity contribution in [1.82, 2.24) is 15.1 Å². The summed E-state index contributed by atoms with van der Waals surface area (Å²) < 4.78 is 1.80. The Morgan fingerprint density at radius 3 is 2.38 bits per heavy atom. The van der Waals surface area contributed by atoms with Crippen molar-refractivity contribution in [2.75, 3.05) is 5.32 Å². The molecule has 0 radical (unpaired) electrons. The molecule has 3 N–H and O–H groups in total. The molecule has 0 saturated carbocycles. The average molecular weight is 382 g/mol. The third kappa shape index (κ3) is 3.10. The van der Waals surface area contributed by atoms with E-state index in [4.69, 9.17) is 5.10 Å². The second-order valence-electron chi connectivity index (χ2n) is 6.86. The number of carbonyl (C=O) groups excluding carboxylic acids is 1. The molecule has 1 aromatic heterocycles. The summed E-state index contributed by atoms with van der Waals surface area (Å²) in [6, 6.07) is 24.1. The first kappa shape index (κ1) is 17.1. The highest BCUT2D eigenvalue weighted by atomic mass is 16.3. The predicted molar refractivity (Wildman–Crippen MR) is 111 cm³/mol. The van der Waals surface area contributed by atoms with Crippen molar-refractivity contribution < 1.29 is 9.90 Å². The Balaban J connectivity index is 1.62. The fourth-order valence-electron chi connectivity index (χ4n) is 3.52. The highest BCUT2D eigenvalue weighted by molar-refractivity contribution is 6.01. The fourth-order valence-corrected chi connectivity index (χ4v) is 3.52. The van der Waals surface area contributed by atoms with Crippen LogP contribution in [0.3, 0.4) is 0 Å². The number of benzene rings is 3. The van der Waals surface area contributed by atoms with Crippen LogP contribution in [-0.4, -0.2) is 20.8 Å². The van der Waals surface area contributed by atoms with Gasteiger partial charge in [0, 0.05) is 23.0 Å². The molecule has 1 unspecified atom stereocenters. The molecule has 142 valence electrons. The van der Waals surface area contributed by atoms with Crippen LogP contribution >= 0.6 is 0 Å². The minimum absolute atomic E-state index is 0.131. The average Bonchev–Trinajstić information content (AvgIpc) is 3.20. The van der Waals surface area contributed by atoms with E-state index in [1.54, 1.807) is 22.9 Å². The molecular formula is C23H18N4O2. The van der Waals surface area contributed by atoms with Gasteiger partial charge in [-0.2, -0.15) is 5.10 Å². The normalized spacial score (nSPS) is 15.3. The number of para-hydroxylation sites is 2. The second kappa shape index (κ2) is 6.83. The van der Waals surface area contributed by atoms with Crippen LogP contribution in [-0.2, 0) is 0 Å². The van der Waals surface area contributed by atoms with Crippen molar-refractivity contribution in [3.63, 3.8) is 0 Å². The van der Waals surface area contributed by atoms with E-state index in [-0.39, 0.29) is 11.7 Å². The van der Waals surface area contributed by atoms with Gasteiger partial charge in [-0.3, -0.25) is 4.79 Å². The molecule has 1 aliphatic rings. The van der Waals surface area contributed by atoms with Gasteiger partial charge in [-0.25, -0.2) is 4.68 Å². The minimum Gasteiger partial charge on any atom is -0.508 e. The number of nitrogens with one attached hydrogen (secondary N) is 2. The van der Waals surface area contributed by atoms with E-state index < -0.39 is 6.17 Å². The Morgan fingerprint density at radius 2 is 1.59 bits per heavy atom. The van der Waals surface area contributed by atoms with Crippen LogP contribution < -0.4 is 10.6 Å². The summed E-state index contributed by atoms with van der Waals surface area (Å²) in [7, 11) is 0. The standard InChI is InChI=1S/C23H18N4O2/c28-17-12-10-15(11-13-17)21-19(14-27(26-21)16-6-2-1-3-7-16)22-24-20-9-5-4-8-18(20)23(29)25-22/h1-14,22,24,28H,(H,25,29). The van der Waals surface area contributed by atoms with Crippen molar-refractivity contribution >= 4 is 11.6 Å². The zero-order chi connectivity index (χ0) is 19.8. The largest absolute Gasteiger partial charge is 0.508 e. The predicted octanol–water partition coefficient (Wildman–Crippen LogP) is 4.10. The molecule has 3 aromatic carbocycles. The Kier molecular flexibility index (Phi) is 4.02. The number of hydrogen-bond acceptors (Lipinski definition) is 4. The highest BCUT2D eigenvalue weighted by Gasteiger charge is 2.28. The number of hydrogen-bond donors (Lipinski definition) is 3. The second-order valence-corrected chi connectivity index (χ2v) is 6.86. The molecule has 1 amide bonds. The summed E-state index contributed by atoms with van der Waals surface area (Å²) in [6.07, 6.45) is 1.49. The summed E-state index contributed by atoms with van der Waals surface area (Å²) >= 11 is 0. The van der Waals surface area contributed by atoms with Gasteiger partial charge in [0.25, 0.3) is 5.91 Å². The highest BCUT2D eigenvalue weighted by Crippen LogP contribution is 2.33. The van der Waals surface area contributed by atoms with E-state index in [9.17, 15) is 9.90 Å². The molecule has 6 nitrogen and oxygen atoms in total. The van der Waals surface area contributed by atoms with Crippen molar-refractivity contribution in [3.8, 4) is 22.7 Å². The number of rotatable bonds is 3. The third-order valence-electron chi connectivity index (χ3n) is 4.96. The summed E-state index contributed by atoms with van der Waals surface area (Å²) in [6.45, 7) is 0. The van der Waals surface area contributed by atoms with Gasteiger partial charge in [-0.1, -0.05) is 30.3 Å². The Labute approximate surface area is 167 Å². The first-order valence-corrected chi connectivity index (χ1v) is 9.30. The molecule has 29 heavy (non-hydrogen) atoms. The lowest BCUT2D eigenvalue weighted by Crippen LogP contribution is -2.38. The Morgan fingerprint density at radius 1 is 0.862 bits per heavy atom. The molecule has 0 saturated heterocycles. The molecule has 0 spiro atoms. The van der Waals surface area contributed by atoms with Crippen LogP contribution in [0.1, 0.15) is 22.1 Å². The first-order valence-electron chi connectivity index (χ1n) is 9.30. The van der Waals surface area contributed by atoms with Crippen molar-refractivity contribution in [2.45, 2.75) is 6.17 Å². The topological polar surface area (TPSA) is 79.2 Å². The smallest absolute Gasteiger partial charge is 0.255 e. The van der Waals surface area contributed by atoms with Crippen LogP contribution in [0.4, 0.5) is 5.69 Å². The van der Waals surface area contributed by atoms with Gasteiger partial charge in [0.1, 0.15) is 11.9 Å². The first-order chi connectivity index (χ1) is 14.2. The van der Waals surface area contributed by atoms with E-state index in [1.165, 1.54) is 0 Å². The molecule has 0 fully saturated rings. The van der Waals surface area contributed by atoms with Crippen molar-refractivity contribution in [1.29, 1.82) is 0 Å². The number of anilines is 1. The lowest BCUT2D eigenvalue weighted by Gasteiger charge is -2.27. The van der Waals surface area contributed by atoms with E-state index in [2.05, 4.69) is 10.6 Å². The summed E-state index contributed by atoms with van der Waals surface area (Å²) in [5, 5.41) is 20.9. The molecule has 6 heteroatoms. The number of phenolic OH excluding ortho intramolecular Hbond substituents is 1. The van der Waals surface area contributed by atoms with E-state index >= 15 is 0 Å². The third-order valence-corrected chi connectivity index (χ3v) is 4.96. The van der Waals surface area contributed by atoms with Gasteiger partial charge in [-0.15, -0.1) is 0 Å². The number of phenols is 1. The molecule has 0 aliphatic carbocycles. The van der Waals surface area contributed by atoms with Crippen LogP contribution in [0.5, 0.6) is 5.75 Å². The van der Waals surface area contributed by atoms with Crippen LogP contribution in [0.2, 0.25) is 0 Å². The Bertz CT molecular complexity index is 1180. The maximum absolute atomic E-state index is 12.6. The van der Waals surface area contributed by atoms with E-state index in [1.807, 2.05) is 66.9 Å². The molecule has 0 bridgehead atoms. The molecule has 1 atom stereocenters. The van der Waals surface area contributed by atoms with Crippen LogP contribution in [0.15, 0.2) is 85.1 Å². The fraction of sp³-hybridized carbons (Fsp3) is 0.0435. The van der Waals surface area contributed by atoms with Crippen molar-refractivity contribution in [2.24, 2.45) is 0 Å². The molecule has 2 heterocycles. The van der Waals surface area contributed by atoms with Crippen molar-refractivity contribution in [3.05, 3.63) is 96.2 Å². The zero-order valence-electron chi connectivity index (χ0n) is 15.4. The van der Waals surface area contributed by atoms with Gasteiger partial charge >= 0.3 is 0 Å². The van der Waals surface area contributed by atoms with Gasteiger partial charge in [-0.05, 0) is 48.5 Å². The van der Waals surface area contributed by atoms with Gasteiger partial charge in [0.15, 0.2) is 0 Å². The SMILES string of the molecule is O=C1NC(c2cn(-c3ccccc3)nc2-c2ccc(O)cc2)Nc2ccccc21. The minimum atomic E-state index is -0.432. The van der Waals surface area contributed by atoms with E-state index in [0.29, 0.717) is 5.56 Å². The summed E-state index contributed by atoms with van der Waals surface area (Å²) in [5.41, 5.74) is 4.73. The monoisotopic (exact) mass is 382 g/mol. The number of fused-ring (bicyclic) bond motifs is 1.